The van der Waals surface area contributed by atoms with Crippen LogP contribution in [0.2, 0.25) is 0 Å². The maximum Gasteiger partial charge on any atom is 0.307 e. The number of hydrogen-bond acceptors (Lipinski definition) is 3. The Morgan fingerprint density at radius 3 is 2.83 bits per heavy atom. The van der Waals surface area contributed by atoms with Crippen molar-refractivity contribution in [1.29, 1.82) is 0 Å². The third kappa shape index (κ3) is 4.37. The van der Waals surface area contributed by atoms with Crippen molar-refractivity contribution >= 4 is 5.97 Å². The summed E-state index contributed by atoms with van der Waals surface area (Å²) in [7, 11) is 1.66. The van der Waals surface area contributed by atoms with Gasteiger partial charge in [0.25, 0.3) is 0 Å². The van der Waals surface area contributed by atoms with Gasteiger partial charge in [-0.25, -0.2) is 0 Å². The van der Waals surface area contributed by atoms with E-state index >= 15 is 0 Å². The Kier molecular flexibility index (Phi) is 5.65. The first-order chi connectivity index (χ1) is 8.54. The molecule has 1 unspecified atom stereocenters. The van der Waals surface area contributed by atoms with Crippen molar-refractivity contribution in [3.63, 3.8) is 0 Å². The number of carboxylic acids is 1. The van der Waals surface area contributed by atoms with E-state index in [2.05, 4.69) is 11.4 Å². The smallest absolute Gasteiger partial charge is 0.307 e. The van der Waals surface area contributed by atoms with Crippen molar-refractivity contribution in [3.8, 4) is 5.75 Å². The molecule has 0 aromatic heterocycles. The van der Waals surface area contributed by atoms with Crippen LogP contribution in [0.4, 0.5) is 0 Å². The zero-order valence-corrected chi connectivity index (χ0v) is 11.2. The SMILES string of the molecule is COc1ccc(C)cc1CCNCC(C)C(=O)O. The molecular formula is C14H21NO3. The van der Waals surface area contributed by atoms with Crippen LogP contribution in [0.5, 0.6) is 5.75 Å². The molecule has 0 aliphatic rings. The Morgan fingerprint density at radius 2 is 2.22 bits per heavy atom. The van der Waals surface area contributed by atoms with Gasteiger partial charge in [0.1, 0.15) is 5.75 Å². The molecule has 4 nitrogen and oxygen atoms in total. The zero-order chi connectivity index (χ0) is 13.5. The topological polar surface area (TPSA) is 58.6 Å². The quantitative estimate of drug-likeness (QED) is 0.726. The molecule has 0 saturated heterocycles. The highest BCUT2D eigenvalue weighted by Gasteiger charge is 2.09. The van der Waals surface area contributed by atoms with E-state index in [1.165, 1.54) is 5.56 Å². The maximum atomic E-state index is 10.6. The Bertz CT molecular complexity index is 404. The molecule has 1 atom stereocenters. The third-order valence-corrected chi connectivity index (χ3v) is 2.88. The summed E-state index contributed by atoms with van der Waals surface area (Å²) >= 11 is 0. The van der Waals surface area contributed by atoms with Gasteiger partial charge in [0.15, 0.2) is 0 Å². The lowest BCUT2D eigenvalue weighted by atomic mass is 10.1. The van der Waals surface area contributed by atoms with Crippen LogP contribution in [-0.4, -0.2) is 31.3 Å². The van der Waals surface area contributed by atoms with E-state index in [4.69, 9.17) is 9.84 Å². The fraction of sp³-hybridized carbons (Fsp3) is 0.500. The summed E-state index contributed by atoms with van der Waals surface area (Å²) in [6.07, 6.45) is 0.831. The van der Waals surface area contributed by atoms with Gasteiger partial charge in [0.05, 0.1) is 13.0 Å². The van der Waals surface area contributed by atoms with Crippen molar-refractivity contribution in [3.05, 3.63) is 29.3 Å². The molecule has 0 saturated carbocycles. The lowest BCUT2D eigenvalue weighted by Crippen LogP contribution is -2.27. The van der Waals surface area contributed by atoms with Gasteiger partial charge in [-0.15, -0.1) is 0 Å². The predicted octanol–water partition coefficient (Wildman–Crippen LogP) is 1.86. The van der Waals surface area contributed by atoms with Crippen LogP contribution in [0.25, 0.3) is 0 Å². The summed E-state index contributed by atoms with van der Waals surface area (Å²) in [6, 6.07) is 6.08. The van der Waals surface area contributed by atoms with Crippen LogP contribution in [0.1, 0.15) is 18.1 Å². The van der Waals surface area contributed by atoms with Crippen molar-refractivity contribution < 1.29 is 14.6 Å². The highest BCUT2D eigenvalue weighted by atomic mass is 16.5. The van der Waals surface area contributed by atoms with Crippen molar-refractivity contribution in [2.75, 3.05) is 20.2 Å². The first-order valence-electron chi connectivity index (χ1n) is 6.11. The molecule has 0 aliphatic carbocycles. The summed E-state index contributed by atoms with van der Waals surface area (Å²) in [5.41, 5.74) is 2.35. The molecule has 100 valence electrons. The molecule has 0 aliphatic heterocycles. The summed E-state index contributed by atoms with van der Waals surface area (Å²) in [5.74, 6) is -0.242. The van der Waals surface area contributed by atoms with Gasteiger partial charge in [0.2, 0.25) is 0 Å². The fourth-order valence-electron chi connectivity index (χ4n) is 1.73. The monoisotopic (exact) mass is 251 g/mol. The molecule has 2 N–H and O–H groups in total. The van der Waals surface area contributed by atoms with Gasteiger partial charge < -0.3 is 15.2 Å². The minimum atomic E-state index is -0.768. The number of carboxylic acid groups (broad SMARTS) is 1. The molecule has 18 heavy (non-hydrogen) atoms. The second-order valence-electron chi connectivity index (χ2n) is 4.51. The molecule has 0 fully saturated rings. The molecule has 1 aromatic rings. The lowest BCUT2D eigenvalue weighted by molar-refractivity contribution is -0.140. The lowest BCUT2D eigenvalue weighted by Gasteiger charge is -2.11. The Morgan fingerprint density at radius 1 is 1.50 bits per heavy atom. The van der Waals surface area contributed by atoms with E-state index in [-0.39, 0.29) is 5.92 Å². The first-order valence-corrected chi connectivity index (χ1v) is 6.11. The Balaban J connectivity index is 2.43. The molecule has 1 aromatic carbocycles. The molecule has 0 spiro atoms. The van der Waals surface area contributed by atoms with E-state index in [1.807, 2.05) is 19.1 Å². The summed E-state index contributed by atoms with van der Waals surface area (Å²) in [5, 5.41) is 11.9. The van der Waals surface area contributed by atoms with Gasteiger partial charge in [-0.1, -0.05) is 24.6 Å². The molecule has 0 radical (unpaired) electrons. The zero-order valence-electron chi connectivity index (χ0n) is 11.2. The van der Waals surface area contributed by atoms with Crippen molar-refractivity contribution in [2.24, 2.45) is 5.92 Å². The van der Waals surface area contributed by atoms with Gasteiger partial charge in [0, 0.05) is 6.54 Å². The fourth-order valence-corrected chi connectivity index (χ4v) is 1.73. The van der Waals surface area contributed by atoms with Crippen molar-refractivity contribution in [2.45, 2.75) is 20.3 Å². The minimum absolute atomic E-state index is 0.357. The number of hydrogen-bond donors (Lipinski definition) is 2. The summed E-state index contributed by atoms with van der Waals surface area (Å²) in [4.78, 5) is 10.6. The van der Waals surface area contributed by atoms with E-state index < -0.39 is 5.97 Å². The van der Waals surface area contributed by atoms with E-state index in [0.29, 0.717) is 6.54 Å². The molecule has 0 bridgehead atoms. The number of rotatable bonds is 7. The second kappa shape index (κ2) is 7.01. The summed E-state index contributed by atoms with van der Waals surface area (Å²) < 4.78 is 5.29. The van der Waals surface area contributed by atoms with Crippen LogP contribution in [-0.2, 0) is 11.2 Å². The van der Waals surface area contributed by atoms with Crippen LogP contribution in [0.15, 0.2) is 18.2 Å². The maximum absolute atomic E-state index is 10.6. The van der Waals surface area contributed by atoms with Crippen LogP contribution < -0.4 is 10.1 Å². The van der Waals surface area contributed by atoms with Crippen LogP contribution in [0.3, 0.4) is 0 Å². The second-order valence-corrected chi connectivity index (χ2v) is 4.51. The highest BCUT2D eigenvalue weighted by Crippen LogP contribution is 2.19. The van der Waals surface area contributed by atoms with E-state index in [1.54, 1.807) is 14.0 Å². The van der Waals surface area contributed by atoms with Crippen LogP contribution >= 0.6 is 0 Å². The van der Waals surface area contributed by atoms with Crippen LogP contribution in [0, 0.1) is 12.8 Å². The highest BCUT2D eigenvalue weighted by molar-refractivity contribution is 5.69. The molecule has 1 rings (SSSR count). The number of methoxy groups -OCH3 is 1. The van der Waals surface area contributed by atoms with Gasteiger partial charge in [-0.2, -0.15) is 0 Å². The molecule has 0 amide bonds. The molecular weight excluding hydrogens is 230 g/mol. The molecule has 4 heteroatoms. The minimum Gasteiger partial charge on any atom is -0.496 e. The number of nitrogens with one attached hydrogen (secondary N) is 1. The Hall–Kier alpha value is -1.55. The average Bonchev–Trinajstić information content (AvgIpc) is 2.34. The van der Waals surface area contributed by atoms with Gasteiger partial charge in [-0.3, -0.25) is 4.79 Å². The van der Waals surface area contributed by atoms with Gasteiger partial charge >= 0.3 is 5.97 Å². The number of aliphatic carboxylic acids is 1. The number of carbonyl (C=O) groups is 1. The average molecular weight is 251 g/mol. The van der Waals surface area contributed by atoms with E-state index in [9.17, 15) is 4.79 Å². The van der Waals surface area contributed by atoms with Gasteiger partial charge in [-0.05, 0) is 31.5 Å². The first kappa shape index (κ1) is 14.5. The number of ether oxygens (including phenoxy) is 1. The number of aryl methyl sites for hydroxylation is 1. The van der Waals surface area contributed by atoms with Crippen molar-refractivity contribution in [1.82, 2.24) is 5.32 Å². The third-order valence-electron chi connectivity index (χ3n) is 2.88. The Labute approximate surface area is 108 Å². The standard InChI is InChI=1S/C14H21NO3/c1-10-4-5-13(18-3)12(8-10)6-7-15-9-11(2)14(16)17/h4-5,8,11,15H,6-7,9H2,1-3H3,(H,16,17). The normalized spacial score (nSPS) is 12.2. The van der Waals surface area contributed by atoms with E-state index in [0.717, 1.165) is 24.3 Å². The number of benzene rings is 1. The molecule has 0 heterocycles. The largest absolute Gasteiger partial charge is 0.496 e. The predicted molar refractivity (Wildman–Crippen MR) is 71.1 cm³/mol. The summed E-state index contributed by atoms with van der Waals surface area (Å²) in [6.45, 7) is 4.98.